The summed E-state index contributed by atoms with van der Waals surface area (Å²) < 4.78 is 17.2. The first kappa shape index (κ1) is 19.4. The molecule has 0 radical (unpaired) electrons. The highest BCUT2D eigenvalue weighted by Gasteiger charge is 2.50. The van der Waals surface area contributed by atoms with E-state index in [0.29, 0.717) is 19.1 Å². The van der Waals surface area contributed by atoms with Gasteiger partial charge in [0.1, 0.15) is 0 Å². The van der Waals surface area contributed by atoms with Crippen LogP contribution in [-0.4, -0.2) is 52.6 Å². The SMILES string of the molecule is CC(C)(C)[Si](C)(C)OCCCC(O)C1(C2CCOCC2)COC1. The molecule has 0 aliphatic carbocycles. The molecule has 2 aliphatic rings. The van der Waals surface area contributed by atoms with E-state index in [9.17, 15) is 5.11 Å². The zero-order valence-corrected chi connectivity index (χ0v) is 16.7. The predicted molar refractivity (Wildman–Crippen MR) is 95.2 cm³/mol. The van der Waals surface area contributed by atoms with Crippen LogP contribution in [0.2, 0.25) is 18.1 Å². The fourth-order valence-electron chi connectivity index (χ4n) is 3.42. The van der Waals surface area contributed by atoms with E-state index in [2.05, 4.69) is 33.9 Å². The Hall–Kier alpha value is 0.0569. The summed E-state index contributed by atoms with van der Waals surface area (Å²) in [5.74, 6) is 0.543. The van der Waals surface area contributed by atoms with Gasteiger partial charge in [-0.15, -0.1) is 0 Å². The maximum Gasteiger partial charge on any atom is 0.191 e. The zero-order valence-electron chi connectivity index (χ0n) is 15.7. The monoisotopic (exact) mass is 344 g/mol. The lowest BCUT2D eigenvalue weighted by Crippen LogP contribution is -2.57. The molecule has 1 N–H and O–H groups in total. The standard InChI is InChI=1S/C18H36O4Si/c1-17(2,3)23(4,5)22-10-6-7-16(19)18(13-21-14-18)15-8-11-20-12-9-15/h15-16,19H,6-14H2,1-5H3. The van der Waals surface area contributed by atoms with E-state index in [-0.39, 0.29) is 16.6 Å². The number of hydrogen-bond donors (Lipinski definition) is 1. The van der Waals surface area contributed by atoms with Gasteiger partial charge in [-0.1, -0.05) is 20.8 Å². The number of hydrogen-bond acceptors (Lipinski definition) is 4. The number of ether oxygens (including phenoxy) is 2. The van der Waals surface area contributed by atoms with Crippen LogP contribution in [0.5, 0.6) is 0 Å². The molecule has 4 nitrogen and oxygen atoms in total. The number of aliphatic hydroxyl groups excluding tert-OH is 1. The van der Waals surface area contributed by atoms with Crippen LogP contribution in [-0.2, 0) is 13.9 Å². The van der Waals surface area contributed by atoms with Gasteiger partial charge in [0.15, 0.2) is 8.32 Å². The maximum absolute atomic E-state index is 10.8. The minimum Gasteiger partial charge on any atom is -0.417 e. The second-order valence-electron chi connectivity index (χ2n) is 8.88. The third kappa shape index (κ3) is 4.37. The van der Waals surface area contributed by atoms with Crippen molar-refractivity contribution >= 4 is 8.32 Å². The van der Waals surface area contributed by atoms with Crippen LogP contribution in [0.3, 0.4) is 0 Å². The van der Waals surface area contributed by atoms with Crippen molar-refractivity contribution in [1.29, 1.82) is 0 Å². The Bertz CT molecular complexity index is 368. The molecule has 2 fully saturated rings. The molecule has 0 saturated carbocycles. The van der Waals surface area contributed by atoms with Crippen LogP contribution in [0.25, 0.3) is 0 Å². The molecule has 2 rings (SSSR count). The highest BCUT2D eigenvalue weighted by molar-refractivity contribution is 6.74. The predicted octanol–water partition coefficient (Wildman–Crippen LogP) is 3.59. The van der Waals surface area contributed by atoms with Crippen molar-refractivity contribution < 1.29 is 19.0 Å². The van der Waals surface area contributed by atoms with Crippen molar-refractivity contribution in [2.24, 2.45) is 11.3 Å². The number of rotatable bonds is 7. The Labute approximate surface area is 143 Å². The topological polar surface area (TPSA) is 47.9 Å². The first-order valence-electron chi connectivity index (χ1n) is 9.16. The van der Waals surface area contributed by atoms with E-state index in [0.717, 1.165) is 45.5 Å². The van der Waals surface area contributed by atoms with Crippen molar-refractivity contribution in [3.8, 4) is 0 Å². The van der Waals surface area contributed by atoms with Gasteiger partial charge in [-0.3, -0.25) is 0 Å². The van der Waals surface area contributed by atoms with Crippen molar-refractivity contribution in [1.82, 2.24) is 0 Å². The van der Waals surface area contributed by atoms with Gasteiger partial charge in [-0.25, -0.2) is 0 Å². The quantitative estimate of drug-likeness (QED) is 0.566. The maximum atomic E-state index is 10.8. The Morgan fingerprint density at radius 1 is 1.17 bits per heavy atom. The molecular formula is C18H36O4Si. The molecule has 2 aliphatic heterocycles. The minimum atomic E-state index is -1.67. The average Bonchev–Trinajstić information content (AvgIpc) is 2.42. The van der Waals surface area contributed by atoms with Crippen LogP contribution < -0.4 is 0 Å². The second-order valence-corrected chi connectivity index (χ2v) is 13.7. The summed E-state index contributed by atoms with van der Waals surface area (Å²) in [5, 5.41) is 11.0. The zero-order chi connectivity index (χ0) is 17.1. The van der Waals surface area contributed by atoms with E-state index >= 15 is 0 Å². The Morgan fingerprint density at radius 2 is 1.78 bits per heavy atom. The molecule has 0 amide bonds. The highest BCUT2D eigenvalue weighted by Crippen LogP contribution is 2.45. The normalized spacial score (nSPS) is 24.3. The van der Waals surface area contributed by atoms with Gasteiger partial charge in [0.25, 0.3) is 0 Å². The molecule has 0 spiro atoms. The Kier molecular flexibility index (Phi) is 6.34. The average molecular weight is 345 g/mol. The molecule has 5 heteroatoms. The second kappa shape index (κ2) is 7.52. The van der Waals surface area contributed by atoms with Gasteiger partial charge in [0.05, 0.1) is 19.3 Å². The molecule has 1 unspecified atom stereocenters. The fourth-order valence-corrected chi connectivity index (χ4v) is 4.51. The molecule has 2 saturated heterocycles. The van der Waals surface area contributed by atoms with E-state index in [1.54, 1.807) is 0 Å². The van der Waals surface area contributed by atoms with Gasteiger partial charge in [0, 0.05) is 25.2 Å². The third-order valence-electron chi connectivity index (χ3n) is 6.33. The first-order chi connectivity index (χ1) is 10.7. The van der Waals surface area contributed by atoms with Crippen LogP contribution in [0.1, 0.15) is 46.5 Å². The largest absolute Gasteiger partial charge is 0.417 e. The summed E-state index contributed by atoms with van der Waals surface area (Å²) in [6, 6.07) is 0. The van der Waals surface area contributed by atoms with Gasteiger partial charge in [-0.05, 0) is 49.7 Å². The van der Waals surface area contributed by atoms with E-state index in [1.165, 1.54) is 0 Å². The van der Waals surface area contributed by atoms with Crippen LogP contribution in [0.4, 0.5) is 0 Å². The van der Waals surface area contributed by atoms with Gasteiger partial charge >= 0.3 is 0 Å². The molecule has 0 bridgehead atoms. The molecule has 23 heavy (non-hydrogen) atoms. The van der Waals surface area contributed by atoms with Gasteiger partial charge in [-0.2, -0.15) is 0 Å². The van der Waals surface area contributed by atoms with E-state index in [1.807, 2.05) is 0 Å². The molecule has 0 aromatic rings. The summed E-state index contributed by atoms with van der Waals surface area (Å²) >= 11 is 0. The van der Waals surface area contributed by atoms with Crippen LogP contribution in [0, 0.1) is 11.3 Å². The fraction of sp³-hybridized carbons (Fsp3) is 1.00. The van der Waals surface area contributed by atoms with Gasteiger partial charge < -0.3 is 19.0 Å². The minimum absolute atomic E-state index is 0.0270. The summed E-state index contributed by atoms with van der Waals surface area (Å²) in [5.41, 5.74) is -0.0270. The molecule has 0 aromatic carbocycles. The molecule has 1 atom stereocenters. The first-order valence-corrected chi connectivity index (χ1v) is 12.1. The lowest BCUT2D eigenvalue weighted by atomic mass is 9.65. The van der Waals surface area contributed by atoms with Crippen molar-refractivity contribution in [2.45, 2.75) is 70.7 Å². The van der Waals surface area contributed by atoms with Crippen molar-refractivity contribution in [3.63, 3.8) is 0 Å². The molecule has 0 aromatic heterocycles. The van der Waals surface area contributed by atoms with E-state index < -0.39 is 8.32 Å². The molecule has 136 valence electrons. The van der Waals surface area contributed by atoms with Crippen molar-refractivity contribution in [3.05, 3.63) is 0 Å². The summed E-state index contributed by atoms with van der Waals surface area (Å²) in [4.78, 5) is 0. The van der Waals surface area contributed by atoms with Gasteiger partial charge in [0.2, 0.25) is 0 Å². The Balaban J connectivity index is 1.78. The molecular weight excluding hydrogens is 308 g/mol. The van der Waals surface area contributed by atoms with Crippen LogP contribution >= 0.6 is 0 Å². The number of aliphatic hydroxyl groups is 1. The lowest BCUT2D eigenvalue weighted by molar-refractivity contribution is -0.214. The molecule has 2 heterocycles. The Morgan fingerprint density at radius 3 is 2.26 bits per heavy atom. The summed E-state index contributed by atoms with van der Waals surface area (Å²) in [6.45, 7) is 15.2. The van der Waals surface area contributed by atoms with Crippen molar-refractivity contribution in [2.75, 3.05) is 33.0 Å². The summed E-state index contributed by atoms with van der Waals surface area (Å²) in [7, 11) is -1.67. The summed E-state index contributed by atoms with van der Waals surface area (Å²) in [6.07, 6.45) is 3.58. The lowest BCUT2D eigenvalue weighted by Gasteiger charge is -2.51. The highest BCUT2D eigenvalue weighted by atomic mass is 28.4. The third-order valence-corrected chi connectivity index (χ3v) is 10.9. The van der Waals surface area contributed by atoms with E-state index in [4.69, 9.17) is 13.9 Å². The smallest absolute Gasteiger partial charge is 0.191 e. The van der Waals surface area contributed by atoms with Crippen LogP contribution in [0.15, 0.2) is 0 Å².